The van der Waals surface area contributed by atoms with Gasteiger partial charge in [0.2, 0.25) is 5.91 Å². The Morgan fingerprint density at radius 3 is 2.68 bits per heavy atom. The van der Waals surface area contributed by atoms with Gasteiger partial charge in [-0.2, -0.15) is 5.10 Å². The van der Waals surface area contributed by atoms with Crippen LogP contribution in [0.1, 0.15) is 60.1 Å². The molecule has 1 aromatic carbocycles. The van der Waals surface area contributed by atoms with E-state index in [2.05, 4.69) is 36.1 Å². The number of H-pyrrole nitrogens is 1. The highest BCUT2D eigenvalue weighted by Crippen LogP contribution is 2.31. The van der Waals surface area contributed by atoms with E-state index in [9.17, 15) is 4.79 Å². The van der Waals surface area contributed by atoms with Crippen LogP contribution in [0.25, 0.3) is 11.0 Å². The summed E-state index contributed by atoms with van der Waals surface area (Å²) in [5.74, 6) is 1.10. The smallest absolute Gasteiger partial charge is 0.225 e. The van der Waals surface area contributed by atoms with Crippen molar-refractivity contribution in [1.82, 2.24) is 24.6 Å². The zero-order valence-electron chi connectivity index (χ0n) is 17.2. The van der Waals surface area contributed by atoms with Crippen molar-refractivity contribution in [3.05, 3.63) is 46.5 Å². The molecule has 1 aliphatic heterocycles. The maximum atomic E-state index is 13.0. The molecule has 3 heterocycles. The fourth-order valence-corrected chi connectivity index (χ4v) is 4.21. The van der Waals surface area contributed by atoms with Crippen LogP contribution in [0.15, 0.2) is 18.2 Å². The molecule has 6 nitrogen and oxygen atoms in total. The minimum absolute atomic E-state index is 0.0368. The maximum Gasteiger partial charge on any atom is 0.225 e. The van der Waals surface area contributed by atoms with E-state index in [4.69, 9.17) is 4.98 Å². The van der Waals surface area contributed by atoms with Crippen LogP contribution in [0, 0.1) is 27.7 Å². The Balaban J connectivity index is 1.54. The SMILES string of the molecule is Cc1cc(C)n(CCC(=O)N2CCCCC2c2nc3cc(C)c(C)cc3[nH]2)n1. The highest BCUT2D eigenvalue weighted by molar-refractivity contribution is 5.78. The third-order valence-electron chi connectivity index (χ3n) is 5.90. The molecule has 0 radical (unpaired) electrons. The van der Waals surface area contributed by atoms with Gasteiger partial charge in [-0.25, -0.2) is 4.98 Å². The van der Waals surface area contributed by atoms with Gasteiger partial charge < -0.3 is 9.88 Å². The zero-order valence-corrected chi connectivity index (χ0v) is 17.2. The molecule has 1 aliphatic rings. The number of hydrogen-bond donors (Lipinski definition) is 1. The van der Waals surface area contributed by atoms with Gasteiger partial charge in [0.1, 0.15) is 5.82 Å². The van der Waals surface area contributed by atoms with Crippen LogP contribution < -0.4 is 0 Å². The second-order valence-corrected chi connectivity index (χ2v) is 8.07. The molecule has 0 spiro atoms. The summed E-state index contributed by atoms with van der Waals surface area (Å²) in [7, 11) is 0. The van der Waals surface area contributed by atoms with E-state index in [0.717, 1.165) is 54.1 Å². The molecule has 6 heteroatoms. The number of aromatic amines is 1. The number of likely N-dealkylation sites (tertiary alicyclic amines) is 1. The Morgan fingerprint density at radius 1 is 1.14 bits per heavy atom. The van der Waals surface area contributed by atoms with Crippen molar-refractivity contribution in [2.24, 2.45) is 0 Å². The number of amides is 1. The van der Waals surface area contributed by atoms with Crippen molar-refractivity contribution in [3.63, 3.8) is 0 Å². The van der Waals surface area contributed by atoms with Gasteiger partial charge in [0, 0.05) is 25.2 Å². The number of benzene rings is 1. The summed E-state index contributed by atoms with van der Waals surface area (Å²) < 4.78 is 1.93. The molecule has 1 atom stereocenters. The molecule has 1 amide bonds. The molecule has 0 saturated carbocycles. The Hall–Kier alpha value is -2.63. The van der Waals surface area contributed by atoms with Gasteiger partial charge in [-0.1, -0.05) is 0 Å². The lowest BCUT2D eigenvalue weighted by Gasteiger charge is -2.34. The summed E-state index contributed by atoms with van der Waals surface area (Å²) in [5, 5.41) is 4.48. The zero-order chi connectivity index (χ0) is 19.8. The minimum Gasteiger partial charge on any atom is -0.340 e. The van der Waals surface area contributed by atoms with E-state index in [1.165, 1.54) is 11.1 Å². The monoisotopic (exact) mass is 379 g/mol. The largest absolute Gasteiger partial charge is 0.340 e. The molecule has 148 valence electrons. The minimum atomic E-state index is 0.0368. The second-order valence-electron chi connectivity index (χ2n) is 8.07. The normalized spacial score (nSPS) is 17.4. The van der Waals surface area contributed by atoms with Gasteiger partial charge in [0.05, 0.1) is 22.8 Å². The topological polar surface area (TPSA) is 66.8 Å². The van der Waals surface area contributed by atoms with E-state index in [0.29, 0.717) is 13.0 Å². The van der Waals surface area contributed by atoms with E-state index in [1.807, 2.05) is 29.5 Å². The average Bonchev–Trinajstić information content (AvgIpc) is 3.22. The van der Waals surface area contributed by atoms with Gasteiger partial charge in [-0.3, -0.25) is 9.48 Å². The number of nitrogens with one attached hydrogen (secondary N) is 1. The van der Waals surface area contributed by atoms with Crippen LogP contribution in [0.3, 0.4) is 0 Å². The summed E-state index contributed by atoms with van der Waals surface area (Å²) in [6.07, 6.45) is 3.61. The van der Waals surface area contributed by atoms with Crippen molar-refractivity contribution in [1.29, 1.82) is 0 Å². The molecular weight excluding hydrogens is 350 g/mol. The van der Waals surface area contributed by atoms with Crippen molar-refractivity contribution in [2.75, 3.05) is 6.54 Å². The predicted octanol–water partition coefficient (Wildman–Crippen LogP) is 4.14. The standard InChI is InChI=1S/C22H29N5O/c1-14-11-18-19(12-15(14)2)24-22(23-18)20-7-5-6-9-26(20)21(28)8-10-27-17(4)13-16(3)25-27/h11-13,20H,5-10H2,1-4H3,(H,23,24). The summed E-state index contributed by atoms with van der Waals surface area (Å²) in [6.45, 7) is 9.67. The third kappa shape index (κ3) is 3.55. The molecule has 1 unspecified atom stereocenters. The van der Waals surface area contributed by atoms with Crippen molar-refractivity contribution >= 4 is 16.9 Å². The van der Waals surface area contributed by atoms with E-state index in [-0.39, 0.29) is 11.9 Å². The van der Waals surface area contributed by atoms with Gasteiger partial charge in [0.25, 0.3) is 0 Å². The number of rotatable bonds is 4. The first-order chi connectivity index (χ1) is 13.4. The maximum absolute atomic E-state index is 13.0. The summed E-state index contributed by atoms with van der Waals surface area (Å²) in [5.41, 5.74) is 6.63. The van der Waals surface area contributed by atoms with E-state index < -0.39 is 0 Å². The third-order valence-corrected chi connectivity index (χ3v) is 5.90. The van der Waals surface area contributed by atoms with Crippen LogP contribution >= 0.6 is 0 Å². The number of fused-ring (bicyclic) bond motifs is 1. The van der Waals surface area contributed by atoms with Crippen LogP contribution in [-0.4, -0.2) is 37.1 Å². The molecule has 1 N–H and O–H groups in total. The number of hydrogen-bond acceptors (Lipinski definition) is 3. The highest BCUT2D eigenvalue weighted by atomic mass is 16.2. The second kappa shape index (κ2) is 7.41. The van der Waals surface area contributed by atoms with Crippen LogP contribution in [-0.2, 0) is 11.3 Å². The lowest BCUT2D eigenvalue weighted by molar-refractivity contribution is -0.135. The van der Waals surface area contributed by atoms with Crippen molar-refractivity contribution < 1.29 is 4.79 Å². The fraction of sp³-hybridized carbons (Fsp3) is 0.500. The number of nitrogens with zero attached hydrogens (tertiary/aromatic N) is 4. The molecule has 4 rings (SSSR count). The molecule has 0 aliphatic carbocycles. The number of carbonyl (C=O) groups excluding carboxylic acids is 1. The predicted molar refractivity (Wildman–Crippen MR) is 110 cm³/mol. The molecule has 1 fully saturated rings. The van der Waals surface area contributed by atoms with E-state index >= 15 is 0 Å². The summed E-state index contributed by atoms with van der Waals surface area (Å²) >= 11 is 0. The van der Waals surface area contributed by atoms with Crippen molar-refractivity contribution in [2.45, 2.75) is 66.0 Å². The first-order valence-electron chi connectivity index (χ1n) is 10.2. The van der Waals surface area contributed by atoms with Gasteiger partial charge in [-0.15, -0.1) is 0 Å². The number of aryl methyl sites for hydroxylation is 5. The first kappa shape index (κ1) is 18.7. The fourth-order valence-electron chi connectivity index (χ4n) is 4.21. The van der Waals surface area contributed by atoms with Crippen LogP contribution in [0.5, 0.6) is 0 Å². The first-order valence-corrected chi connectivity index (χ1v) is 10.2. The number of piperidine rings is 1. The quantitative estimate of drug-likeness (QED) is 0.741. The van der Waals surface area contributed by atoms with Gasteiger partial charge in [0.15, 0.2) is 0 Å². The Morgan fingerprint density at radius 2 is 1.93 bits per heavy atom. The number of aromatic nitrogens is 4. The Labute approximate surface area is 166 Å². The summed E-state index contributed by atoms with van der Waals surface area (Å²) in [6, 6.07) is 6.36. The number of carbonyl (C=O) groups is 1. The average molecular weight is 380 g/mol. The van der Waals surface area contributed by atoms with Gasteiger partial charge in [-0.05, 0) is 76.3 Å². The highest BCUT2D eigenvalue weighted by Gasteiger charge is 2.30. The van der Waals surface area contributed by atoms with Gasteiger partial charge >= 0.3 is 0 Å². The molecule has 28 heavy (non-hydrogen) atoms. The lowest BCUT2D eigenvalue weighted by atomic mass is 10.0. The lowest BCUT2D eigenvalue weighted by Crippen LogP contribution is -2.39. The summed E-state index contributed by atoms with van der Waals surface area (Å²) in [4.78, 5) is 23.4. The van der Waals surface area contributed by atoms with E-state index in [1.54, 1.807) is 0 Å². The Kier molecular flexibility index (Phi) is 4.96. The molecular formula is C22H29N5O. The molecule has 2 aromatic heterocycles. The number of imidazole rings is 1. The molecule has 1 saturated heterocycles. The molecule has 3 aromatic rings. The van der Waals surface area contributed by atoms with Crippen LogP contribution in [0.2, 0.25) is 0 Å². The Bertz CT molecular complexity index is 977. The van der Waals surface area contributed by atoms with Crippen molar-refractivity contribution in [3.8, 4) is 0 Å². The van der Waals surface area contributed by atoms with Crippen LogP contribution in [0.4, 0.5) is 0 Å². The molecule has 0 bridgehead atoms.